The van der Waals surface area contributed by atoms with Crippen molar-refractivity contribution in [3.8, 4) is 11.8 Å². The van der Waals surface area contributed by atoms with E-state index >= 15 is 0 Å². The quantitative estimate of drug-likeness (QED) is 0.807. The Hall–Kier alpha value is -1.86. The summed E-state index contributed by atoms with van der Waals surface area (Å²) in [4.78, 5) is 14.4. The van der Waals surface area contributed by atoms with Gasteiger partial charge in [0.15, 0.2) is 0 Å². The lowest BCUT2D eigenvalue weighted by molar-refractivity contribution is 0.0697. The van der Waals surface area contributed by atoms with Crippen molar-refractivity contribution in [3.63, 3.8) is 0 Å². The SMILES string of the molecule is CC1CCCCCN1C(=O)c1ccc(C#CCO)c(F)c1. The first-order valence-corrected chi connectivity index (χ1v) is 7.33. The number of carbonyl (C=O) groups excluding carboxylic acids is 1. The Morgan fingerprint density at radius 2 is 2.24 bits per heavy atom. The van der Waals surface area contributed by atoms with Gasteiger partial charge in [-0.05, 0) is 38.0 Å². The molecular weight excluding hydrogens is 269 g/mol. The van der Waals surface area contributed by atoms with Gasteiger partial charge in [0, 0.05) is 18.2 Å². The average molecular weight is 289 g/mol. The number of hydrogen-bond acceptors (Lipinski definition) is 2. The van der Waals surface area contributed by atoms with E-state index in [2.05, 4.69) is 11.8 Å². The lowest BCUT2D eigenvalue weighted by atomic mass is 10.1. The molecule has 0 aromatic heterocycles. The zero-order valence-corrected chi connectivity index (χ0v) is 12.2. The highest BCUT2D eigenvalue weighted by Crippen LogP contribution is 2.20. The third-order valence-corrected chi connectivity index (χ3v) is 3.83. The van der Waals surface area contributed by atoms with Crippen LogP contribution in [-0.4, -0.2) is 35.1 Å². The lowest BCUT2D eigenvalue weighted by Gasteiger charge is -2.27. The zero-order valence-electron chi connectivity index (χ0n) is 12.2. The standard InChI is InChI=1S/C17H20FNO2/c1-13-6-3-2-4-10-19(13)17(21)15-9-8-14(7-5-11-20)16(18)12-15/h8-9,12-13,20H,2-4,6,10-11H2,1H3. The molecule has 1 N–H and O–H groups in total. The largest absolute Gasteiger partial charge is 0.384 e. The maximum atomic E-state index is 13.9. The van der Waals surface area contributed by atoms with Crippen LogP contribution in [0.3, 0.4) is 0 Å². The number of aliphatic hydroxyl groups excluding tert-OH is 1. The van der Waals surface area contributed by atoms with E-state index in [1.165, 1.54) is 12.1 Å². The minimum atomic E-state index is -0.524. The molecule has 1 atom stereocenters. The van der Waals surface area contributed by atoms with Gasteiger partial charge in [-0.3, -0.25) is 4.79 Å². The van der Waals surface area contributed by atoms with Crippen LogP contribution in [-0.2, 0) is 0 Å². The van der Waals surface area contributed by atoms with Crippen molar-refractivity contribution >= 4 is 5.91 Å². The first-order valence-electron chi connectivity index (χ1n) is 7.33. The molecule has 21 heavy (non-hydrogen) atoms. The second kappa shape index (κ2) is 7.24. The molecule has 1 amide bonds. The Bertz CT molecular complexity index is 574. The number of benzene rings is 1. The fourth-order valence-electron chi connectivity index (χ4n) is 2.63. The van der Waals surface area contributed by atoms with Crippen molar-refractivity contribution in [3.05, 3.63) is 35.1 Å². The van der Waals surface area contributed by atoms with Crippen molar-refractivity contribution in [2.24, 2.45) is 0 Å². The minimum Gasteiger partial charge on any atom is -0.384 e. The zero-order chi connectivity index (χ0) is 15.2. The summed E-state index contributed by atoms with van der Waals surface area (Å²) in [6.45, 7) is 2.46. The Morgan fingerprint density at radius 1 is 1.43 bits per heavy atom. The van der Waals surface area contributed by atoms with Crippen LogP contribution in [0.15, 0.2) is 18.2 Å². The van der Waals surface area contributed by atoms with E-state index in [4.69, 9.17) is 5.11 Å². The number of carbonyl (C=O) groups is 1. The van der Waals surface area contributed by atoms with Gasteiger partial charge in [0.1, 0.15) is 12.4 Å². The summed E-state index contributed by atoms with van der Waals surface area (Å²) in [7, 11) is 0. The monoisotopic (exact) mass is 289 g/mol. The predicted molar refractivity (Wildman–Crippen MR) is 79.3 cm³/mol. The van der Waals surface area contributed by atoms with Crippen molar-refractivity contribution < 1.29 is 14.3 Å². The first-order chi connectivity index (χ1) is 10.1. The molecule has 1 aliphatic heterocycles. The van der Waals surface area contributed by atoms with Gasteiger partial charge in [-0.2, -0.15) is 0 Å². The molecule has 1 fully saturated rings. The number of halogens is 1. The first kappa shape index (κ1) is 15.5. The summed E-state index contributed by atoms with van der Waals surface area (Å²) in [6, 6.07) is 4.52. The van der Waals surface area contributed by atoms with E-state index in [1.54, 1.807) is 6.07 Å². The average Bonchev–Trinajstić information content (AvgIpc) is 2.70. The molecule has 1 saturated heterocycles. The van der Waals surface area contributed by atoms with Crippen molar-refractivity contribution in [1.82, 2.24) is 4.90 Å². The van der Waals surface area contributed by atoms with Crippen LogP contribution in [0, 0.1) is 17.7 Å². The second-order valence-corrected chi connectivity index (χ2v) is 5.35. The predicted octanol–water partition coefficient (Wildman–Crippen LogP) is 2.57. The molecule has 1 aromatic carbocycles. The lowest BCUT2D eigenvalue weighted by Crippen LogP contribution is -2.38. The topological polar surface area (TPSA) is 40.5 Å². The van der Waals surface area contributed by atoms with Gasteiger partial charge in [-0.15, -0.1) is 0 Å². The van der Waals surface area contributed by atoms with Gasteiger partial charge in [-0.1, -0.05) is 24.7 Å². The van der Waals surface area contributed by atoms with Crippen LogP contribution >= 0.6 is 0 Å². The fourth-order valence-corrected chi connectivity index (χ4v) is 2.63. The highest BCUT2D eigenvalue weighted by atomic mass is 19.1. The van der Waals surface area contributed by atoms with E-state index in [0.717, 1.165) is 32.2 Å². The molecule has 4 heteroatoms. The van der Waals surface area contributed by atoms with Gasteiger partial charge < -0.3 is 10.0 Å². The van der Waals surface area contributed by atoms with Crippen molar-refractivity contribution in [2.75, 3.05) is 13.2 Å². The number of rotatable bonds is 1. The van der Waals surface area contributed by atoms with E-state index < -0.39 is 5.82 Å². The molecule has 1 aliphatic rings. The summed E-state index contributed by atoms with van der Waals surface area (Å²) < 4.78 is 13.9. The van der Waals surface area contributed by atoms with Gasteiger partial charge in [0.05, 0.1) is 5.56 Å². The summed E-state index contributed by atoms with van der Waals surface area (Å²) in [5.41, 5.74) is 0.556. The van der Waals surface area contributed by atoms with Gasteiger partial charge in [-0.25, -0.2) is 4.39 Å². The van der Waals surface area contributed by atoms with Crippen LogP contribution in [0.4, 0.5) is 4.39 Å². The second-order valence-electron chi connectivity index (χ2n) is 5.35. The third kappa shape index (κ3) is 3.83. The molecule has 0 spiro atoms. The van der Waals surface area contributed by atoms with Crippen LogP contribution in [0.5, 0.6) is 0 Å². The highest BCUT2D eigenvalue weighted by Gasteiger charge is 2.23. The van der Waals surface area contributed by atoms with E-state index in [1.807, 2.05) is 11.8 Å². The molecule has 2 rings (SSSR count). The summed E-state index contributed by atoms with van der Waals surface area (Å²) in [6.07, 6.45) is 4.26. The van der Waals surface area contributed by atoms with E-state index in [9.17, 15) is 9.18 Å². The normalized spacial score (nSPS) is 18.6. The van der Waals surface area contributed by atoms with Crippen LogP contribution in [0.2, 0.25) is 0 Å². The van der Waals surface area contributed by atoms with Gasteiger partial charge >= 0.3 is 0 Å². The van der Waals surface area contributed by atoms with Crippen molar-refractivity contribution in [1.29, 1.82) is 0 Å². The van der Waals surface area contributed by atoms with Gasteiger partial charge in [0.25, 0.3) is 5.91 Å². The Kier molecular flexibility index (Phi) is 5.35. The Balaban J connectivity index is 2.20. The number of likely N-dealkylation sites (tertiary alicyclic amines) is 1. The number of aliphatic hydroxyl groups is 1. The molecule has 1 unspecified atom stereocenters. The summed E-state index contributed by atoms with van der Waals surface area (Å²) >= 11 is 0. The summed E-state index contributed by atoms with van der Waals surface area (Å²) in [5, 5.41) is 8.63. The van der Waals surface area contributed by atoms with E-state index in [0.29, 0.717) is 5.56 Å². The molecule has 3 nitrogen and oxygen atoms in total. The van der Waals surface area contributed by atoms with Crippen molar-refractivity contribution in [2.45, 2.75) is 38.6 Å². The number of hydrogen-bond donors (Lipinski definition) is 1. The third-order valence-electron chi connectivity index (χ3n) is 3.83. The molecule has 0 radical (unpaired) electrons. The molecule has 1 heterocycles. The molecule has 0 saturated carbocycles. The van der Waals surface area contributed by atoms with Crippen LogP contribution in [0.1, 0.15) is 48.5 Å². The number of amides is 1. The Morgan fingerprint density at radius 3 is 2.95 bits per heavy atom. The Labute approximate surface area is 124 Å². The molecule has 0 aliphatic carbocycles. The van der Waals surface area contributed by atoms with Crippen LogP contribution in [0.25, 0.3) is 0 Å². The molecule has 1 aromatic rings. The molecule has 0 bridgehead atoms. The van der Waals surface area contributed by atoms with Gasteiger partial charge in [0.2, 0.25) is 0 Å². The molecule has 112 valence electrons. The minimum absolute atomic E-state index is 0.120. The maximum Gasteiger partial charge on any atom is 0.254 e. The molecular formula is C17H20FNO2. The van der Waals surface area contributed by atoms with Crippen LogP contribution < -0.4 is 0 Å². The fraction of sp³-hybridized carbons (Fsp3) is 0.471. The highest BCUT2D eigenvalue weighted by molar-refractivity contribution is 5.94. The summed E-state index contributed by atoms with van der Waals surface area (Å²) in [5.74, 6) is 4.29. The number of nitrogens with zero attached hydrogens (tertiary/aromatic N) is 1. The maximum absolute atomic E-state index is 13.9. The smallest absolute Gasteiger partial charge is 0.254 e. The van der Waals surface area contributed by atoms with E-state index in [-0.39, 0.29) is 24.1 Å².